The van der Waals surface area contributed by atoms with Crippen molar-refractivity contribution in [2.75, 3.05) is 13.7 Å². The van der Waals surface area contributed by atoms with E-state index in [9.17, 15) is 4.79 Å². The maximum absolute atomic E-state index is 13.1. The van der Waals surface area contributed by atoms with Gasteiger partial charge in [0.2, 0.25) is 0 Å². The fourth-order valence-corrected chi connectivity index (χ4v) is 3.84. The summed E-state index contributed by atoms with van der Waals surface area (Å²) in [5.41, 5.74) is 2.41. The van der Waals surface area contributed by atoms with Gasteiger partial charge in [-0.05, 0) is 37.6 Å². The van der Waals surface area contributed by atoms with Crippen LogP contribution in [-0.4, -0.2) is 44.2 Å². The lowest BCUT2D eigenvalue weighted by atomic mass is 10.1. The van der Waals surface area contributed by atoms with Gasteiger partial charge < -0.3 is 19.2 Å². The summed E-state index contributed by atoms with van der Waals surface area (Å²) in [5.74, 6) is 1.53. The topological polar surface area (TPSA) is 76.0 Å². The number of hydrogen-bond donors (Lipinski definition) is 1. The van der Waals surface area contributed by atoms with Crippen molar-refractivity contribution in [2.45, 2.75) is 33.0 Å². The monoisotopic (exact) mass is 373 g/mol. The first-order chi connectivity index (χ1) is 12.5. The van der Waals surface area contributed by atoms with Crippen molar-refractivity contribution >= 4 is 28.4 Å². The highest BCUT2D eigenvalue weighted by Crippen LogP contribution is 2.28. The molecule has 3 heterocycles. The average Bonchev–Trinajstić information content (AvgIpc) is 3.17. The van der Waals surface area contributed by atoms with Crippen molar-refractivity contribution in [3.8, 4) is 0 Å². The molecule has 0 saturated heterocycles. The number of aromatic nitrogens is 4. The van der Waals surface area contributed by atoms with Crippen LogP contribution in [0.15, 0.2) is 18.2 Å². The number of carbonyl (C=O) groups is 1. The minimum atomic E-state index is -0.0378. The Kier molecular flexibility index (Phi) is 4.20. The van der Waals surface area contributed by atoms with E-state index >= 15 is 0 Å². The molecule has 0 spiro atoms. The summed E-state index contributed by atoms with van der Waals surface area (Å²) in [6.07, 6.45) is 0. The Morgan fingerprint density at radius 2 is 2.23 bits per heavy atom. The third-order valence-corrected chi connectivity index (χ3v) is 5.12. The van der Waals surface area contributed by atoms with Crippen LogP contribution in [0, 0.1) is 6.92 Å². The molecule has 2 aromatic heterocycles. The van der Waals surface area contributed by atoms with Crippen LogP contribution >= 0.6 is 11.6 Å². The van der Waals surface area contributed by atoms with Gasteiger partial charge in [-0.2, -0.15) is 0 Å². The smallest absolute Gasteiger partial charge is 0.271 e. The molecule has 7 nitrogen and oxygen atoms in total. The van der Waals surface area contributed by atoms with Gasteiger partial charge in [0.05, 0.1) is 12.6 Å². The van der Waals surface area contributed by atoms with Crippen molar-refractivity contribution < 1.29 is 9.53 Å². The molecule has 0 radical (unpaired) electrons. The molecule has 3 aromatic rings. The first-order valence-corrected chi connectivity index (χ1v) is 8.86. The molecule has 4 rings (SSSR count). The number of nitrogens with zero attached hydrogens (tertiary/aromatic N) is 4. The van der Waals surface area contributed by atoms with E-state index in [1.54, 1.807) is 7.11 Å². The number of methoxy groups -OCH3 is 1. The van der Waals surface area contributed by atoms with Crippen LogP contribution in [0.5, 0.6) is 0 Å². The highest BCUT2D eigenvalue weighted by atomic mass is 35.5. The summed E-state index contributed by atoms with van der Waals surface area (Å²) in [6.45, 7) is 5.43. The number of hydrogen-bond acceptors (Lipinski definition) is 4. The second-order valence-corrected chi connectivity index (χ2v) is 7.12. The highest BCUT2D eigenvalue weighted by molar-refractivity contribution is 6.31. The van der Waals surface area contributed by atoms with Gasteiger partial charge in [0.25, 0.3) is 5.91 Å². The number of nitrogens with one attached hydrogen (secondary N) is 1. The lowest BCUT2D eigenvalue weighted by molar-refractivity contribution is 0.0669. The fourth-order valence-electron chi connectivity index (χ4n) is 3.67. The minimum absolute atomic E-state index is 0.0378. The zero-order valence-corrected chi connectivity index (χ0v) is 15.7. The van der Waals surface area contributed by atoms with Gasteiger partial charge in [0.15, 0.2) is 11.6 Å². The van der Waals surface area contributed by atoms with Crippen LogP contribution in [0.4, 0.5) is 0 Å². The van der Waals surface area contributed by atoms with E-state index in [0.717, 1.165) is 28.1 Å². The molecule has 0 bridgehead atoms. The molecule has 0 aliphatic carbocycles. The number of benzene rings is 1. The normalized spacial score (nSPS) is 16.9. The van der Waals surface area contributed by atoms with E-state index in [0.29, 0.717) is 30.4 Å². The predicted octanol–water partition coefficient (Wildman–Crippen LogP) is 3.08. The Hall–Kier alpha value is -2.38. The lowest BCUT2D eigenvalue weighted by Crippen LogP contribution is -2.41. The minimum Gasteiger partial charge on any atom is -0.377 e. The maximum Gasteiger partial charge on any atom is 0.271 e. The molecular formula is C18H20ClN5O2. The third kappa shape index (κ3) is 2.68. The lowest BCUT2D eigenvalue weighted by Gasteiger charge is -2.32. The van der Waals surface area contributed by atoms with Crippen LogP contribution in [0.25, 0.3) is 10.9 Å². The van der Waals surface area contributed by atoms with E-state index in [1.807, 2.05) is 30.0 Å². The number of amides is 1. The predicted molar refractivity (Wildman–Crippen MR) is 98.2 cm³/mol. The molecular weight excluding hydrogens is 354 g/mol. The van der Waals surface area contributed by atoms with Crippen molar-refractivity contribution in [3.63, 3.8) is 0 Å². The van der Waals surface area contributed by atoms with Crippen LogP contribution in [0.3, 0.4) is 0 Å². The molecule has 1 aliphatic heterocycles. The SMILES string of the molecule is COCc1nnc2n1[C@@H](C)CN(C(=O)c1[nH]c3ccc(Cl)cc3c1C)C2. The van der Waals surface area contributed by atoms with Gasteiger partial charge in [-0.1, -0.05) is 11.6 Å². The maximum atomic E-state index is 13.1. The van der Waals surface area contributed by atoms with E-state index in [4.69, 9.17) is 16.3 Å². The number of rotatable bonds is 3. The van der Waals surface area contributed by atoms with Gasteiger partial charge in [0.1, 0.15) is 12.3 Å². The molecule has 0 saturated carbocycles. The van der Waals surface area contributed by atoms with Crippen molar-refractivity contribution in [1.29, 1.82) is 0 Å². The van der Waals surface area contributed by atoms with Gasteiger partial charge in [-0.25, -0.2) is 0 Å². The van der Waals surface area contributed by atoms with Crippen LogP contribution in [0.1, 0.15) is 40.7 Å². The van der Waals surface area contributed by atoms with Crippen LogP contribution < -0.4 is 0 Å². The molecule has 1 amide bonds. The number of fused-ring (bicyclic) bond motifs is 2. The van der Waals surface area contributed by atoms with Gasteiger partial charge in [0, 0.05) is 29.6 Å². The first-order valence-electron chi connectivity index (χ1n) is 8.48. The van der Waals surface area contributed by atoms with Crippen molar-refractivity contribution in [2.24, 2.45) is 0 Å². The Labute approximate surface area is 155 Å². The Balaban J connectivity index is 1.66. The summed E-state index contributed by atoms with van der Waals surface area (Å²) in [6, 6.07) is 5.68. The summed E-state index contributed by atoms with van der Waals surface area (Å²) in [5, 5.41) is 10.1. The second-order valence-electron chi connectivity index (χ2n) is 6.69. The van der Waals surface area contributed by atoms with Gasteiger partial charge in [-0.15, -0.1) is 10.2 Å². The summed E-state index contributed by atoms with van der Waals surface area (Å²) in [7, 11) is 1.63. The summed E-state index contributed by atoms with van der Waals surface area (Å²) in [4.78, 5) is 18.2. The van der Waals surface area contributed by atoms with Gasteiger partial charge in [-0.3, -0.25) is 4.79 Å². The molecule has 1 aromatic carbocycles. The van der Waals surface area contributed by atoms with Gasteiger partial charge >= 0.3 is 0 Å². The second kappa shape index (κ2) is 6.41. The molecule has 0 fully saturated rings. The largest absolute Gasteiger partial charge is 0.377 e. The first kappa shape index (κ1) is 17.1. The number of aryl methyl sites for hydroxylation is 1. The number of halogens is 1. The van der Waals surface area contributed by atoms with E-state index in [2.05, 4.69) is 26.7 Å². The number of aromatic amines is 1. The Morgan fingerprint density at radius 1 is 1.42 bits per heavy atom. The standard InChI is InChI=1S/C18H20ClN5O2/c1-10-7-23(8-15-21-22-16(9-26-3)24(10)15)18(25)17-11(2)13-6-12(19)4-5-14(13)20-17/h4-6,10,20H,7-9H2,1-3H3/t10-/m0/s1. The molecule has 136 valence electrons. The van der Waals surface area contributed by atoms with Crippen molar-refractivity contribution in [1.82, 2.24) is 24.6 Å². The average molecular weight is 374 g/mol. The third-order valence-electron chi connectivity index (χ3n) is 4.89. The highest BCUT2D eigenvalue weighted by Gasteiger charge is 2.31. The molecule has 26 heavy (non-hydrogen) atoms. The molecule has 1 N–H and O–H groups in total. The number of ether oxygens (including phenoxy) is 1. The summed E-state index contributed by atoms with van der Waals surface area (Å²) < 4.78 is 7.24. The fraction of sp³-hybridized carbons (Fsp3) is 0.389. The van der Waals surface area contributed by atoms with E-state index in [1.165, 1.54) is 0 Å². The zero-order chi connectivity index (χ0) is 18.4. The zero-order valence-electron chi connectivity index (χ0n) is 14.9. The quantitative estimate of drug-likeness (QED) is 0.765. The van der Waals surface area contributed by atoms with Crippen molar-refractivity contribution in [3.05, 3.63) is 46.1 Å². The van der Waals surface area contributed by atoms with E-state index < -0.39 is 0 Å². The molecule has 8 heteroatoms. The molecule has 1 aliphatic rings. The Morgan fingerprint density at radius 3 is 3.00 bits per heavy atom. The van der Waals surface area contributed by atoms with E-state index in [-0.39, 0.29) is 11.9 Å². The molecule has 1 atom stereocenters. The van der Waals surface area contributed by atoms with Crippen LogP contribution in [-0.2, 0) is 17.9 Å². The summed E-state index contributed by atoms with van der Waals surface area (Å²) >= 11 is 6.09. The number of carbonyl (C=O) groups excluding carboxylic acids is 1. The molecule has 0 unspecified atom stereocenters. The Bertz CT molecular complexity index is 993. The van der Waals surface area contributed by atoms with Crippen LogP contribution in [0.2, 0.25) is 5.02 Å². The number of H-pyrrole nitrogens is 1.